The Morgan fingerprint density at radius 1 is 1.40 bits per heavy atom. The highest BCUT2D eigenvalue weighted by molar-refractivity contribution is 9.10. The van der Waals surface area contributed by atoms with Crippen molar-refractivity contribution in [1.82, 2.24) is 4.31 Å². The Morgan fingerprint density at radius 2 is 1.95 bits per heavy atom. The van der Waals surface area contributed by atoms with E-state index in [9.17, 15) is 12.8 Å². The van der Waals surface area contributed by atoms with Crippen LogP contribution in [0.5, 0.6) is 0 Å². The summed E-state index contributed by atoms with van der Waals surface area (Å²) >= 11 is 2.99. The van der Waals surface area contributed by atoms with Crippen molar-refractivity contribution in [1.29, 1.82) is 0 Å². The van der Waals surface area contributed by atoms with Crippen molar-refractivity contribution >= 4 is 38.4 Å². The molecule has 0 unspecified atom stereocenters. The Kier molecular flexibility index (Phi) is 7.10. The second kappa shape index (κ2) is 7.17. The molecule has 0 atom stereocenters. The van der Waals surface area contributed by atoms with Crippen LogP contribution in [0.4, 0.5) is 4.39 Å². The van der Waals surface area contributed by atoms with Crippen molar-refractivity contribution in [3.63, 3.8) is 0 Å². The molecule has 0 fully saturated rings. The Balaban J connectivity index is 0.00000361. The second-order valence-corrected chi connectivity index (χ2v) is 8.10. The smallest absolute Gasteiger partial charge is 0.242 e. The van der Waals surface area contributed by atoms with Crippen molar-refractivity contribution in [3.8, 4) is 0 Å². The third-order valence-electron chi connectivity index (χ3n) is 2.80. The fourth-order valence-corrected chi connectivity index (χ4v) is 3.19. The maximum absolute atomic E-state index is 13.4. The first-order valence-electron chi connectivity index (χ1n) is 5.71. The van der Waals surface area contributed by atoms with Crippen molar-refractivity contribution in [2.24, 2.45) is 11.1 Å². The van der Waals surface area contributed by atoms with Gasteiger partial charge in [0.15, 0.2) is 0 Å². The lowest BCUT2D eigenvalue weighted by molar-refractivity contribution is 0.292. The van der Waals surface area contributed by atoms with Gasteiger partial charge in [0.05, 0.1) is 9.37 Å². The van der Waals surface area contributed by atoms with E-state index in [2.05, 4.69) is 15.9 Å². The predicted octanol–water partition coefficient (Wildman–Crippen LogP) is 2.62. The third kappa shape index (κ3) is 4.66. The number of nitrogens with zero attached hydrogens (tertiary/aromatic N) is 1. The topological polar surface area (TPSA) is 63.4 Å². The first-order chi connectivity index (χ1) is 8.60. The van der Waals surface area contributed by atoms with Gasteiger partial charge in [0, 0.05) is 13.6 Å². The predicted molar refractivity (Wildman–Crippen MR) is 84.0 cm³/mol. The lowest BCUT2D eigenvalue weighted by atomic mass is 9.94. The van der Waals surface area contributed by atoms with E-state index in [0.717, 1.165) is 6.07 Å². The summed E-state index contributed by atoms with van der Waals surface area (Å²) < 4.78 is 39.4. The summed E-state index contributed by atoms with van der Waals surface area (Å²) in [5.74, 6) is -0.604. The van der Waals surface area contributed by atoms with Gasteiger partial charge in [-0.1, -0.05) is 13.8 Å². The molecule has 0 aliphatic rings. The number of hydrogen-bond donors (Lipinski definition) is 1. The minimum Gasteiger partial charge on any atom is -0.330 e. The van der Waals surface area contributed by atoms with Crippen molar-refractivity contribution in [2.45, 2.75) is 18.7 Å². The average molecular weight is 390 g/mol. The zero-order valence-corrected chi connectivity index (χ0v) is 14.8. The van der Waals surface area contributed by atoms with Crippen LogP contribution >= 0.6 is 28.3 Å². The molecule has 0 amide bonds. The van der Waals surface area contributed by atoms with E-state index in [-0.39, 0.29) is 33.7 Å². The van der Waals surface area contributed by atoms with Gasteiger partial charge < -0.3 is 5.73 Å². The first kappa shape index (κ1) is 19.8. The van der Waals surface area contributed by atoms with Gasteiger partial charge in [-0.15, -0.1) is 12.4 Å². The fourth-order valence-electron chi connectivity index (χ4n) is 1.57. The summed E-state index contributed by atoms with van der Waals surface area (Å²) in [6, 6.07) is 3.75. The molecule has 0 aliphatic carbocycles. The highest BCUT2D eigenvalue weighted by Gasteiger charge is 2.27. The minimum atomic E-state index is -3.70. The summed E-state index contributed by atoms with van der Waals surface area (Å²) in [4.78, 5) is -0.0662. The maximum atomic E-state index is 13.4. The van der Waals surface area contributed by atoms with Gasteiger partial charge in [0.1, 0.15) is 5.82 Å². The molecule has 4 nitrogen and oxygen atoms in total. The molecule has 0 aromatic heterocycles. The molecular weight excluding hydrogens is 371 g/mol. The van der Waals surface area contributed by atoms with Gasteiger partial charge in [-0.2, -0.15) is 0 Å². The van der Waals surface area contributed by atoms with Gasteiger partial charge in [-0.05, 0) is 46.1 Å². The molecule has 0 heterocycles. The van der Waals surface area contributed by atoms with Crippen LogP contribution in [0.15, 0.2) is 27.6 Å². The van der Waals surface area contributed by atoms with Crippen LogP contribution in [0.2, 0.25) is 0 Å². The van der Waals surface area contributed by atoms with Crippen molar-refractivity contribution in [3.05, 3.63) is 28.5 Å². The zero-order chi connectivity index (χ0) is 14.8. The van der Waals surface area contributed by atoms with Crippen LogP contribution in [0.1, 0.15) is 13.8 Å². The number of rotatable bonds is 5. The van der Waals surface area contributed by atoms with Gasteiger partial charge in [0.25, 0.3) is 0 Å². The summed E-state index contributed by atoms with van der Waals surface area (Å²) in [7, 11) is -2.24. The quantitative estimate of drug-likeness (QED) is 0.842. The number of nitrogens with two attached hydrogens (primary N) is 1. The van der Waals surface area contributed by atoms with Gasteiger partial charge in [0.2, 0.25) is 10.0 Å². The van der Waals surface area contributed by atoms with E-state index in [1.807, 2.05) is 13.8 Å². The van der Waals surface area contributed by atoms with Crippen LogP contribution in [0, 0.1) is 11.2 Å². The highest BCUT2D eigenvalue weighted by atomic mass is 79.9. The molecule has 116 valence electrons. The zero-order valence-electron chi connectivity index (χ0n) is 11.6. The summed E-state index contributed by atoms with van der Waals surface area (Å²) in [6.07, 6.45) is 0. The molecule has 1 aromatic carbocycles. The van der Waals surface area contributed by atoms with E-state index in [1.54, 1.807) is 0 Å². The molecule has 1 aromatic rings. The van der Waals surface area contributed by atoms with Crippen molar-refractivity contribution < 1.29 is 12.8 Å². The SMILES string of the molecule is CN(CC(C)(C)CN)S(=O)(=O)c1ccc(Br)c(F)c1.Cl. The molecule has 0 bridgehead atoms. The Hall–Kier alpha value is -0.210. The summed E-state index contributed by atoms with van der Waals surface area (Å²) in [5.41, 5.74) is 5.26. The average Bonchev–Trinajstić information content (AvgIpc) is 2.32. The molecule has 1 rings (SSSR count). The van der Waals surface area contributed by atoms with Gasteiger partial charge in [-0.25, -0.2) is 17.1 Å². The standard InChI is InChI=1S/C12H18BrFN2O2S.ClH/c1-12(2,7-15)8-16(3)19(17,18)9-4-5-10(13)11(14)6-9;/h4-6H,7-8,15H2,1-3H3;1H. The first-order valence-corrected chi connectivity index (χ1v) is 7.95. The normalized spacial score (nSPS) is 12.3. The highest BCUT2D eigenvalue weighted by Crippen LogP contribution is 2.23. The summed E-state index contributed by atoms with van der Waals surface area (Å²) in [5, 5.41) is 0. The molecule has 8 heteroatoms. The van der Waals surface area contributed by atoms with E-state index in [1.165, 1.54) is 23.5 Å². The second-order valence-electron chi connectivity index (χ2n) is 5.21. The molecule has 20 heavy (non-hydrogen) atoms. The minimum absolute atomic E-state index is 0. The summed E-state index contributed by atoms with van der Waals surface area (Å²) in [6.45, 7) is 4.38. The molecule has 0 saturated carbocycles. The number of halogens is 3. The fraction of sp³-hybridized carbons (Fsp3) is 0.500. The van der Waals surface area contributed by atoms with Crippen LogP contribution in [0.3, 0.4) is 0 Å². The van der Waals surface area contributed by atoms with E-state index in [0.29, 0.717) is 6.54 Å². The molecule has 0 aliphatic heterocycles. The molecule has 0 spiro atoms. The molecular formula is C12H19BrClFN2O2S. The Morgan fingerprint density at radius 3 is 2.40 bits per heavy atom. The Labute approximate surface area is 134 Å². The third-order valence-corrected chi connectivity index (χ3v) is 5.25. The Bertz CT molecular complexity index is 567. The van der Waals surface area contributed by atoms with Crippen molar-refractivity contribution in [2.75, 3.05) is 20.1 Å². The van der Waals surface area contributed by atoms with Crippen LogP contribution in [-0.2, 0) is 10.0 Å². The van der Waals surface area contributed by atoms with Gasteiger partial charge in [-0.3, -0.25) is 0 Å². The molecule has 0 radical (unpaired) electrons. The van der Waals surface area contributed by atoms with Crippen LogP contribution in [-0.4, -0.2) is 32.9 Å². The lowest BCUT2D eigenvalue weighted by Gasteiger charge is -2.28. The number of sulfonamides is 1. The van der Waals surface area contributed by atoms with Crippen LogP contribution < -0.4 is 5.73 Å². The van der Waals surface area contributed by atoms with Gasteiger partial charge >= 0.3 is 0 Å². The molecule has 2 N–H and O–H groups in total. The maximum Gasteiger partial charge on any atom is 0.242 e. The van der Waals surface area contributed by atoms with E-state index >= 15 is 0 Å². The monoisotopic (exact) mass is 388 g/mol. The number of benzene rings is 1. The largest absolute Gasteiger partial charge is 0.330 e. The number of hydrogen-bond acceptors (Lipinski definition) is 3. The van der Waals surface area contributed by atoms with Crippen LogP contribution in [0.25, 0.3) is 0 Å². The molecule has 0 saturated heterocycles. The lowest BCUT2D eigenvalue weighted by Crippen LogP contribution is -2.39. The van der Waals surface area contributed by atoms with E-state index in [4.69, 9.17) is 5.73 Å². The van der Waals surface area contributed by atoms with E-state index < -0.39 is 15.8 Å².